The SMILES string of the molecule is C=CN(C)C(=O)/C(Br)=C\C. The van der Waals surface area contributed by atoms with Crippen LogP contribution < -0.4 is 0 Å². The van der Waals surface area contributed by atoms with Crippen LogP contribution in [-0.2, 0) is 4.79 Å². The molecule has 0 saturated heterocycles. The Kier molecular flexibility index (Phi) is 4.03. The summed E-state index contributed by atoms with van der Waals surface area (Å²) in [6.07, 6.45) is 3.16. The maximum absolute atomic E-state index is 11.0. The first-order chi connectivity index (χ1) is 4.63. The van der Waals surface area contributed by atoms with Crippen molar-refractivity contribution in [3.8, 4) is 0 Å². The number of hydrogen-bond donors (Lipinski definition) is 0. The molecule has 0 atom stereocenters. The van der Waals surface area contributed by atoms with Crippen LogP contribution >= 0.6 is 15.9 Å². The predicted molar refractivity (Wildman–Crippen MR) is 45.7 cm³/mol. The van der Waals surface area contributed by atoms with Gasteiger partial charge in [0.05, 0.1) is 4.48 Å². The molecule has 0 aliphatic heterocycles. The zero-order chi connectivity index (χ0) is 8.15. The number of nitrogens with zero attached hydrogens (tertiary/aromatic N) is 1. The lowest BCUT2D eigenvalue weighted by atomic mass is 10.5. The average Bonchev–Trinajstić information content (AvgIpc) is 2.00. The molecule has 0 radical (unpaired) electrons. The third kappa shape index (κ3) is 2.35. The standard InChI is InChI=1S/C7H10BrNO/c1-4-6(8)7(10)9(3)5-2/h4-5H,2H2,1,3H3/b6-4+. The molecule has 0 bridgehead atoms. The summed E-state index contributed by atoms with van der Waals surface area (Å²) in [5.41, 5.74) is 0. The zero-order valence-electron chi connectivity index (χ0n) is 6.10. The molecule has 1 amide bonds. The van der Waals surface area contributed by atoms with Crippen LogP contribution in [0.1, 0.15) is 6.92 Å². The molecule has 0 aliphatic carbocycles. The molecule has 0 aromatic carbocycles. The monoisotopic (exact) mass is 203 g/mol. The van der Waals surface area contributed by atoms with E-state index in [4.69, 9.17) is 0 Å². The Bertz CT molecular complexity index is 174. The number of amides is 1. The van der Waals surface area contributed by atoms with Crippen molar-refractivity contribution in [1.82, 2.24) is 4.90 Å². The topological polar surface area (TPSA) is 20.3 Å². The quantitative estimate of drug-likeness (QED) is 0.629. The number of carbonyl (C=O) groups is 1. The van der Waals surface area contributed by atoms with Gasteiger partial charge in [-0.1, -0.05) is 12.7 Å². The maximum Gasteiger partial charge on any atom is 0.264 e. The largest absolute Gasteiger partial charge is 0.318 e. The van der Waals surface area contributed by atoms with E-state index in [1.807, 2.05) is 0 Å². The highest BCUT2D eigenvalue weighted by Gasteiger charge is 2.06. The number of carbonyl (C=O) groups excluding carboxylic acids is 1. The molecular weight excluding hydrogens is 194 g/mol. The Morgan fingerprint density at radius 1 is 1.70 bits per heavy atom. The van der Waals surface area contributed by atoms with Crippen molar-refractivity contribution < 1.29 is 4.79 Å². The molecule has 0 rings (SSSR count). The van der Waals surface area contributed by atoms with E-state index in [0.29, 0.717) is 4.48 Å². The summed E-state index contributed by atoms with van der Waals surface area (Å²) in [6, 6.07) is 0. The normalized spacial score (nSPS) is 10.9. The highest BCUT2D eigenvalue weighted by Crippen LogP contribution is 2.07. The van der Waals surface area contributed by atoms with Crippen molar-refractivity contribution in [2.24, 2.45) is 0 Å². The molecule has 0 unspecified atom stereocenters. The minimum Gasteiger partial charge on any atom is -0.318 e. The second-order valence-electron chi connectivity index (χ2n) is 1.74. The van der Waals surface area contributed by atoms with Gasteiger partial charge in [-0.05, 0) is 29.1 Å². The summed E-state index contributed by atoms with van der Waals surface area (Å²) in [6.45, 7) is 5.25. The van der Waals surface area contributed by atoms with Crippen molar-refractivity contribution in [3.05, 3.63) is 23.3 Å². The molecule has 0 saturated carbocycles. The molecule has 0 spiro atoms. The van der Waals surface area contributed by atoms with Gasteiger partial charge in [-0.25, -0.2) is 0 Å². The summed E-state index contributed by atoms with van der Waals surface area (Å²) in [4.78, 5) is 12.5. The average molecular weight is 204 g/mol. The summed E-state index contributed by atoms with van der Waals surface area (Å²) >= 11 is 3.11. The van der Waals surface area contributed by atoms with E-state index in [9.17, 15) is 4.79 Å². The number of halogens is 1. The lowest BCUT2D eigenvalue weighted by Gasteiger charge is -2.09. The van der Waals surface area contributed by atoms with Gasteiger partial charge in [0.1, 0.15) is 0 Å². The van der Waals surface area contributed by atoms with Gasteiger partial charge in [0.25, 0.3) is 5.91 Å². The summed E-state index contributed by atoms with van der Waals surface area (Å²) < 4.78 is 0.551. The van der Waals surface area contributed by atoms with Crippen LogP contribution in [0.25, 0.3) is 0 Å². The van der Waals surface area contributed by atoms with Crippen LogP contribution in [-0.4, -0.2) is 17.9 Å². The smallest absolute Gasteiger partial charge is 0.264 e. The minimum absolute atomic E-state index is 0.0856. The van der Waals surface area contributed by atoms with E-state index >= 15 is 0 Å². The lowest BCUT2D eigenvalue weighted by molar-refractivity contribution is -0.122. The van der Waals surface area contributed by atoms with Gasteiger partial charge in [-0.15, -0.1) is 0 Å². The number of hydrogen-bond acceptors (Lipinski definition) is 1. The van der Waals surface area contributed by atoms with Gasteiger partial charge >= 0.3 is 0 Å². The molecule has 0 fully saturated rings. The Morgan fingerprint density at radius 3 is 2.50 bits per heavy atom. The molecule has 0 heterocycles. The highest BCUT2D eigenvalue weighted by atomic mass is 79.9. The van der Waals surface area contributed by atoms with Gasteiger partial charge in [-0.2, -0.15) is 0 Å². The molecule has 10 heavy (non-hydrogen) atoms. The summed E-state index contributed by atoms with van der Waals surface area (Å²) in [5.74, 6) is -0.0856. The minimum atomic E-state index is -0.0856. The molecule has 0 aliphatic rings. The Morgan fingerprint density at radius 2 is 2.20 bits per heavy atom. The highest BCUT2D eigenvalue weighted by molar-refractivity contribution is 9.12. The van der Waals surface area contributed by atoms with Crippen LogP contribution in [0.5, 0.6) is 0 Å². The van der Waals surface area contributed by atoms with E-state index in [-0.39, 0.29) is 5.91 Å². The summed E-state index contributed by atoms with van der Waals surface area (Å²) in [5, 5.41) is 0. The Hall–Kier alpha value is -0.570. The predicted octanol–water partition coefficient (Wildman–Crippen LogP) is 1.89. The van der Waals surface area contributed by atoms with Crippen LogP contribution in [0.4, 0.5) is 0 Å². The third-order valence-electron chi connectivity index (χ3n) is 1.05. The van der Waals surface area contributed by atoms with Crippen molar-refractivity contribution in [1.29, 1.82) is 0 Å². The van der Waals surface area contributed by atoms with E-state index in [1.165, 1.54) is 11.1 Å². The van der Waals surface area contributed by atoms with Gasteiger partial charge in [0, 0.05) is 7.05 Å². The van der Waals surface area contributed by atoms with Crippen molar-refractivity contribution >= 4 is 21.8 Å². The first-order valence-electron chi connectivity index (χ1n) is 2.85. The van der Waals surface area contributed by atoms with Gasteiger partial charge in [0.15, 0.2) is 0 Å². The van der Waals surface area contributed by atoms with Crippen LogP contribution in [0.3, 0.4) is 0 Å². The first-order valence-corrected chi connectivity index (χ1v) is 3.64. The zero-order valence-corrected chi connectivity index (χ0v) is 7.68. The maximum atomic E-state index is 11.0. The van der Waals surface area contributed by atoms with Gasteiger partial charge < -0.3 is 4.90 Å². The second-order valence-corrected chi connectivity index (χ2v) is 2.59. The Labute approximate surface area is 69.3 Å². The molecule has 56 valence electrons. The molecule has 0 aromatic rings. The van der Waals surface area contributed by atoms with E-state index in [0.717, 1.165) is 0 Å². The van der Waals surface area contributed by atoms with E-state index in [2.05, 4.69) is 22.5 Å². The Balaban J connectivity index is 4.22. The first kappa shape index (κ1) is 9.43. The van der Waals surface area contributed by atoms with Crippen LogP contribution in [0.2, 0.25) is 0 Å². The number of allylic oxidation sites excluding steroid dienone is 1. The molecule has 0 N–H and O–H groups in total. The molecule has 0 aromatic heterocycles. The third-order valence-corrected chi connectivity index (χ3v) is 1.85. The van der Waals surface area contributed by atoms with E-state index in [1.54, 1.807) is 20.0 Å². The van der Waals surface area contributed by atoms with Crippen LogP contribution in [0, 0.1) is 0 Å². The van der Waals surface area contributed by atoms with Crippen molar-refractivity contribution in [3.63, 3.8) is 0 Å². The number of likely N-dealkylation sites (N-methyl/N-ethyl adjacent to an activating group) is 1. The fraction of sp³-hybridized carbons (Fsp3) is 0.286. The van der Waals surface area contributed by atoms with Gasteiger partial charge in [0.2, 0.25) is 0 Å². The van der Waals surface area contributed by atoms with Crippen LogP contribution in [0.15, 0.2) is 23.3 Å². The van der Waals surface area contributed by atoms with E-state index < -0.39 is 0 Å². The molecular formula is C7H10BrNO. The number of rotatable bonds is 2. The second kappa shape index (κ2) is 4.28. The molecule has 3 heteroatoms. The van der Waals surface area contributed by atoms with Gasteiger partial charge in [-0.3, -0.25) is 4.79 Å². The van der Waals surface area contributed by atoms with Crippen molar-refractivity contribution in [2.45, 2.75) is 6.92 Å². The lowest BCUT2D eigenvalue weighted by Crippen LogP contribution is -2.19. The van der Waals surface area contributed by atoms with Crippen molar-refractivity contribution in [2.75, 3.05) is 7.05 Å². The summed E-state index contributed by atoms with van der Waals surface area (Å²) in [7, 11) is 1.65. The molecule has 2 nitrogen and oxygen atoms in total. The fourth-order valence-electron chi connectivity index (χ4n) is 0.375. The fourth-order valence-corrected chi connectivity index (χ4v) is 0.655.